The number of rotatable bonds is 5. The number of fused-ring (bicyclic) bond motifs is 1. The summed E-state index contributed by atoms with van der Waals surface area (Å²) < 4.78 is 6.18. The van der Waals surface area contributed by atoms with E-state index in [4.69, 9.17) is 10.5 Å². The average Bonchev–Trinajstić information content (AvgIpc) is 2.43. The highest BCUT2D eigenvalue weighted by Crippen LogP contribution is 2.36. The fourth-order valence-corrected chi connectivity index (χ4v) is 2.53. The van der Waals surface area contributed by atoms with E-state index in [9.17, 15) is 0 Å². The molecule has 0 fully saturated rings. The van der Waals surface area contributed by atoms with Crippen molar-refractivity contribution in [1.29, 1.82) is 0 Å². The molecule has 0 spiro atoms. The Labute approximate surface area is 123 Å². The van der Waals surface area contributed by atoms with Crippen molar-refractivity contribution in [2.45, 2.75) is 46.8 Å². The molecule has 2 rings (SSSR count). The van der Waals surface area contributed by atoms with Crippen LogP contribution in [0.15, 0.2) is 18.2 Å². The van der Waals surface area contributed by atoms with E-state index < -0.39 is 0 Å². The molecule has 2 N–H and O–H groups in total. The lowest BCUT2D eigenvalue weighted by molar-refractivity contribution is 0.145. The second-order valence-corrected chi connectivity index (χ2v) is 6.54. The molecule has 0 saturated carbocycles. The molecule has 3 nitrogen and oxygen atoms in total. The highest BCUT2D eigenvalue weighted by Gasteiger charge is 2.27. The number of anilines is 1. The minimum Gasteiger partial charge on any atom is -0.486 e. The summed E-state index contributed by atoms with van der Waals surface area (Å²) in [7, 11) is 0. The van der Waals surface area contributed by atoms with E-state index >= 15 is 0 Å². The number of benzene rings is 1. The fraction of sp³-hybridized carbons (Fsp3) is 0.647. The second-order valence-electron chi connectivity index (χ2n) is 6.54. The number of nitrogens with zero attached hydrogens (tertiary/aromatic N) is 1. The Balaban J connectivity index is 2.24. The molecule has 1 unspecified atom stereocenters. The van der Waals surface area contributed by atoms with Crippen LogP contribution in [0.5, 0.6) is 5.75 Å². The van der Waals surface area contributed by atoms with Crippen molar-refractivity contribution < 1.29 is 4.74 Å². The molecule has 0 aliphatic carbocycles. The Bertz CT molecular complexity index is 443. The van der Waals surface area contributed by atoms with Crippen molar-refractivity contribution in [2.24, 2.45) is 17.6 Å². The second kappa shape index (κ2) is 6.49. The first-order chi connectivity index (χ1) is 9.51. The van der Waals surface area contributed by atoms with Crippen LogP contribution >= 0.6 is 0 Å². The summed E-state index contributed by atoms with van der Waals surface area (Å²) in [5.41, 5.74) is 8.10. The van der Waals surface area contributed by atoms with Gasteiger partial charge in [0.05, 0.1) is 12.2 Å². The molecule has 0 aromatic heterocycles. The van der Waals surface area contributed by atoms with Crippen LogP contribution in [-0.2, 0) is 6.54 Å². The quantitative estimate of drug-likeness (QED) is 0.895. The molecule has 3 heteroatoms. The maximum Gasteiger partial charge on any atom is 0.143 e. The van der Waals surface area contributed by atoms with Gasteiger partial charge in [-0.25, -0.2) is 0 Å². The predicted octanol–water partition coefficient (Wildman–Crippen LogP) is 3.41. The molecule has 20 heavy (non-hydrogen) atoms. The van der Waals surface area contributed by atoms with Crippen LogP contribution in [-0.4, -0.2) is 19.2 Å². The van der Waals surface area contributed by atoms with E-state index in [-0.39, 0.29) is 6.10 Å². The zero-order valence-electron chi connectivity index (χ0n) is 13.2. The average molecular weight is 276 g/mol. The van der Waals surface area contributed by atoms with Crippen LogP contribution in [0.3, 0.4) is 0 Å². The monoisotopic (exact) mass is 276 g/mol. The molecule has 1 atom stereocenters. The topological polar surface area (TPSA) is 38.5 Å². The van der Waals surface area contributed by atoms with E-state index in [1.54, 1.807) is 0 Å². The summed E-state index contributed by atoms with van der Waals surface area (Å²) in [6, 6.07) is 6.38. The normalized spacial score (nSPS) is 18.4. The summed E-state index contributed by atoms with van der Waals surface area (Å²) >= 11 is 0. The number of ether oxygens (including phenoxy) is 1. The molecule has 0 radical (unpaired) electrons. The third-order valence-electron chi connectivity index (χ3n) is 4.00. The van der Waals surface area contributed by atoms with E-state index in [0.717, 1.165) is 30.3 Å². The fourth-order valence-electron chi connectivity index (χ4n) is 2.53. The first kappa shape index (κ1) is 15.2. The van der Waals surface area contributed by atoms with E-state index in [0.29, 0.717) is 12.5 Å². The SMILES string of the molecule is CC(C)CCN1CC(C(C)C)Oc2cc(CN)ccc21. The Kier molecular flexibility index (Phi) is 4.92. The van der Waals surface area contributed by atoms with Crippen LogP contribution in [0.2, 0.25) is 0 Å². The third kappa shape index (κ3) is 3.45. The lowest BCUT2D eigenvalue weighted by Crippen LogP contribution is -2.43. The molecule has 1 heterocycles. The standard InChI is InChI=1S/C17H28N2O/c1-12(2)7-8-19-11-17(13(3)4)20-16-9-14(10-18)5-6-15(16)19/h5-6,9,12-13,17H,7-8,10-11,18H2,1-4H3. The van der Waals surface area contributed by atoms with Crippen molar-refractivity contribution >= 4 is 5.69 Å². The minimum atomic E-state index is 0.266. The van der Waals surface area contributed by atoms with Crippen molar-refractivity contribution in [2.75, 3.05) is 18.0 Å². The first-order valence-corrected chi connectivity index (χ1v) is 7.75. The number of hydrogen-bond acceptors (Lipinski definition) is 3. The molecule has 0 amide bonds. The minimum absolute atomic E-state index is 0.266. The highest BCUT2D eigenvalue weighted by molar-refractivity contribution is 5.61. The molecule has 1 aliphatic rings. The number of hydrogen-bond donors (Lipinski definition) is 1. The van der Waals surface area contributed by atoms with Crippen molar-refractivity contribution in [1.82, 2.24) is 0 Å². The lowest BCUT2D eigenvalue weighted by Gasteiger charge is -2.38. The van der Waals surface area contributed by atoms with Gasteiger partial charge in [-0.1, -0.05) is 33.8 Å². The molecule has 1 aromatic carbocycles. The third-order valence-corrected chi connectivity index (χ3v) is 4.00. The number of nitrogens with two attached hydrogens (primary N) is 1. The highest BCUT2D eigenvalue weighted by atomic mass is 16.5. The smallest absolute Gasteiger partial charge is 0.143 e. The van der Waals surface area contributed by atoms with E-state index in [1.807, 2.05) is 0 Å². The summed E-state index contributed by atoms with van der Waals surface area (Å²) in [6.45, 7) is 11.7. The zero-order valence-corrected chi connectivity index (χ0v) is 13.2. The van der Waals surface area contributed by atoms with Crippen LogP contribution in [0, 0.1) is 11.8 Å². The van der Waals surface area contributed by atoms with Gasteiger partial charge in [0.25, 0.3) is 0 Å². The van der Waals surface area contributed by atoms with Gasteiger partial charge in [0.1, 0.15) is 11.9 Å². The van der Waals surface area contributed by atoms with Gasteiger partial charge < -0.3 is 15.4 Å². The van der Waals surface area contributed by atoms with Crippen LogP contribution in [0.1, 0.15) is 39.7 Å². The van der Waals surface area contributed by atoms with E-state index in [2.05, 4.69) is 50.8 Å². The molecule has 0 saturated heterocycles. The Morgan fingerprint density at radius 2 is 2.05 bits per heavy atom. The van der Waals surface area contributed by atoms with Gasteiger partial charge >= 0.3 is 0 Å². The summed E-state index contributed by atoms with van der Waals surface area (Å²) in [6.07, 6.45) is 1.48. The molecule has 1 aliphatic heterocycles. The maximum atomic E-state index is 6.18. The van der Waals surface area contributed by atoms with Crippen LogP contribution in [0.25, 0.3) is 0 Å². The van der Waals surface area contributed by atoms with Crippen LogP contribution in [0.4, 0.5) is 5.69 Å². The lowest BCUT2D eigenvalue weighted by atomic mass is 10.0. The van der Waals surface area contributed by atoms with Crippen molar-refractivity contribution in [3.8, 4) is 5.75 Å². The summed E-state index contributed by atoms with van der Waals surface area (Å²) in [5.74, 6) is 2.25. The Morgan fingerprint density at radius 3 is 2.65 bits per heavy atom. The van der Waals surface area contributed by atoms with Gasteiger partial charge in [-0.2, -0.15) is 0 Å². The van der Waals surface area contributed by atoms with Gasteiger partial charge in [0.2, 0.25) is 0 Å². The Morgan fingerprint density at radius 1 is 1.30 bits per heavy atom. The van der Waals surface area contributed by atoms with Gasteiger partial charge in [-0.15, -0.1) is 0 Å². The zero-order chi connectivity index (χ0) is 14.7. The van der Waals surface area contributed by atoms with Crippen molar-refractivity contribution in [3.63, 3.8) is 0 Å². The van der Waals surface area contributed by atoms with Gasteiger partial charge in [-0.3, -0.25) is 0 Å². The summed E-state index contributed by atoms with van der Waals surface area (Å²) in [5, 5.41) is 0. The molecular weight excluding hydrogens is 248 g/mol. The van der Waals surface area contributed by atoms with Crippen LogP contribution < -0.4 is 15.4 Å². The summed E-state index contributed by atoms with van der Waals surface area (Å²) in [4.78, 5) is 2.48. The molecular formula is C17H28N2O. The molecule has 112 valence electrons. The van der Waals surface area contributed by atoms with Gasteiger partial charge in [0, 0.05) is 13.1 Å². The van der Waals surface area contributed by atoms with Gasteiger partial charge in [-0.05, 0) is 36.0 Å². The predicted molar refractivity (Wildman–Crippen MR) is 85.3 cm³/mol. The Hall–Kier alpha value is -1.22. The first-order valence-electron chi connectivity index (χ1n) is 7.75. The van der Waals surface area contributed by atoms with E-state index in [1.165, 1.54) is 12.1 Å². The molecule has 1 aromatic rings. The van der Waals surface area contributed by atoms with Crippen molar-refractivity contribution in [3.05, 3.63) is 23.8 Å². The largest absolute Gasteiger partial charge is 0.486 e. The van der Waals surface area contributed by atoms with Gasteiger partial charge in [0.15, 0.2) is 0 Å². The maximum absolute atomic E-state index is 6.18. The molecule has 0 bridgehead atoms.